The minimum absolute atomic E-state index is 0.0315. The van der Waals surface area contributed by atoms with Crippen LogP contribution in [0.2, 0.25) is 0 Å². The van der Waals surface area contributed by atoms with Crippen LogP contribution in [0.25, 0.3) is 0 Å². The molecule has 0 N–H and O–H groups in total. The lowest BCUT2D eigenvalue weighted by Crippen LogP contribution is -2.37. The zero-order valence-corrected chi connectivity index (χ0v) is 34.4. The lowest BCUT2D eigenvalue weighted by Gasteiger charge is -2.28. The summed E-state index contributed by atoms with van der Waals surface area (Å²) in [4.78, 5) is 37.4. The minimum atomic E-state index is -4.62. The summed E-state index contributed by atoms with van der Waals surface area (Å²) in [6.45, 7) is 4.18. The molecule has 10 heteroatoms. The van der Waals surface area contributed by atoms with Crippen LogP contribution in [0.5, 0.6) is 0 Å². The molecule has 0 bridgehead atoms. The van der Waals surface area contributed by atoms with E-state index in [4.69, 9.17) is 18.5 Å². The van der Waals surface area contributed by atoms with Gasteiger partial charge in [-0.25, -0.2) is 0 Å². The number of nitrogens with zero attached hydrogens (tertiary/aromatic N) is 1. The van der Waals surface area contributed by atoms with Crippen LogP contribution in [0.1, 0.15) is 174 Å². The molecule has 0 saturated heterocycles. The van der Waals surface area contributed by atoms with Gasteiger partial charge in [0.25, 0.3) is 7.82 Å². The number of carbonyl (C=O) groups excluding carboxylic acids is 2. The Labute approximate surface area is 313 Å². The number of quaternary nitrogens is 1. The van der Waals surface area contributed by atoms with Crippen LogP contribution in [0.3, 0.4) is 0 Å². The zero-order valence-electron chi connectivity index (χ0n) is 33.6. The average Bonchev–Trinajstić information content (AvgIpc) is 3.07. The molecule has 0 heterocycles. The first-order valence-electron chi connectivity index (χ1n) is 20.5. The number of allylic oxidation sites excluding steroid dienone is 4. The smallest absolute Gasteiger partial charge is 0.306 e. The number of hydrogen-bond acceptors (Lipinski definition) is 8. The van der Waals surface area contributed by atoms with E-state index in [1.807, 2.05) is 21.1 Å². The number of ether oxygens (including phenoxy) is 2. The van der Waals surface area contributed by atoms with Crippen molar-refractivity contribution in [1.29, 1.82) is 0 Å². The molecule has 0 aliphatic heterocycles. The van der Waals surface area contributed by atoms with Crippen LogP contribution < -0.4 is 4.89 Å². The molecule has 300 valence electrons. The van der Waals surface area contributed by atoms with Gasteiger partial charge >= 0.3 is 11.9 Å². The number of hydrogen-bond donors (Lipinski definition) is 0. The predicted octanol–water partition coefficient (Wildman–Crippen LogP) is 10.6. The van der Waals surface area contributed by atoms with E-state index in [-0.39, 0.29) is 26.1 Å². The summed E-state index contributed by atoms with van der Waals surface area (Å²) >= 11 is 0. The van der Waals surface area contributed by atoms with Crippen LogP contribution in [0.4, 0.5) is 0 Å². The number of unbranched alkanes of at least 4 members (excludes halogenated alkanes) is 19. The summed E-state index contributed by atoms with van der Waals surface area (Å²) in [5.74, 6) is -0.848. The van der Waals surface area contributed by atoms with Crippen molar-refractivity contribution in [2.45, 2.75) is 180 Å². The van der Waals surface area contributed by atoms with Gasteiger partial charge in [0.2, 0.25) is 0 Å². The second-order valence-corrected chi connectivity index (χ2v) is 16.4. The highest BCUT2D eigenvalue weighted by atomic mass is 31.2. The van der Waals surface area contributed by atoms with Crippen molar-refractivity contribution in [2.75, 3.05) is 47.5 Å². The lowest BCUT2D eigenvalue weighted by atomic mass is 10.0. The van der Waals surface area contributed by atoms with Gasteiger partial charge in [-0.15, -0.1) is 0 Å². The Balaban J connectivity index is 4.41. The molecule has 2 atom stereocenters. The topological polar surface area (TPSA) is 111 Å². The fourth-order valence-electron chi connectivity index (χ4n) is 5.45. The summed E-state index contributed by atoms with van der Waals surface area (Å²) in [5, 5.41) is 0. The molecule has 0 rings (SSSR count). The van der Waals surface area contributed by atoms with Gasteiger partial charge in [0, 0.05) is 12.8 Å². The first kappa shape index (κ1) is 49.5. The monoisotopic (exact) mass is 744 g/mol. The van der Waals surface area contributed by atoms with Gasteiger partial charge in [0.15, 0.2) is 6.10 Å². The number of rotatable bonds is 37. The van der Waals surface area contributed by atoms with Gasteiger partial charge in [0.1, 0.15) is 19.8 Å². The number of likely N-dealkylation sites (N-methyl/N-ethyl adjacent to an activating group) is 1. The first-order chi connectivity index (χ1) is 24.5. The van der Waals surface area contributed by atoms with Crippen molar-refractivity contribution in [3.8, 4) is 0 Å². The Morgan fingerprint density at radius 2 is 1.06 bits per heavy atom. The maximum absolute atomic E-state index is 12.6. The van der Waals surface area contributed by atoms with E-state index in [1.54, 1.807) is 0 Å². The third-order valence-electron chi connectivity index (χ3n) is 8.72. The van der Waals surface area contributed by atoms with E-state index in [2.05, 4.69) is 38.2 Å². The summed E-state index contributed by atoms with van der Waals surface area (Å²) in [5.41, 5.74) is 0. The molecule has 0 fully saturated rings. The van der Waals surface area contributed by atoms with E-state index in [0.717, 1.165) is 57.8 Å². The number of phosphoric acid groups is 1. The molecular formula is C41H78NO8P. The molecule has 0 aromatic rings. The number of carbonyl (C=O) groups is 2. The van der Waals surface area contributed by atoms with Crippen molar-refractivity contribution < 1.29 is 42.1 Å². The molecule has 0 amide bonds. The fourth-order valence-corrected chi connectivity index (χ4v) is 6.18. The Morgan fingerprint density at radius 3 is 1.59 bits per heavy atom. The zero-order chi connectivity index (χ0) is 37.9. The Morgan fingerprint density at radius 1 is 0.608 bits per heavy atom. The van der Waals surface area contributed by atoms with Crippen LogP contribution in [0.15, 0.2) is 24.3 Å². The van der Waals surface area contributed by atoms with E-state index >= 15 is 0 Å². The molecule has 0 saturated carbocycles. The van der Waals surface area contributed by atoms with E-state index < -0.39 is 32.5 Å². The third kappa shape index (κ3) is 38.0. The lowest BCUT2D eigenvalue weighted by molar-refractivity contribution is -0.870. The number of esters is 2. The highest BCUT2D eigenvalue weighted by molar-refractivity contribution is 7.45. The minimum Gasteiger partial charge on any atom is -0.756 e. The molecule has 0 aromatic carbocycles. The third-order valence-corrected chi connectivity index (χ3v) is 9.69. The Hall–Kier alpha value is -1.51. The van der Waals surface area contributed by atoms with Gasteiger partial charge in [0.05, 0.1) is 27.7 Å². The molecule has 0 aliphatic rings. The van der Waals surface area contributed by atoms with E-state index in [1.165, 1.54) is 77.0 Å². The molecule has 0 spiro atoms. The van der Waals surface area contributed by atoms with Gasteiger partial charge in [-0.3, -0.25) is 14.2 Å². The number of phosphoric ester groups is 1. The van der Waals surface area contributed by atoms with Crippen LogP contribution in [-0.4, -0.2) is 70.0 Å². The van der Waals surface area contributed by atoms with E-state index in [0.29, 0.717) is 23.9 Å². The molecule has 0 aromatic heterocycles. The molecule has 0 aliphatic carbocycles. The summed E-state index contributed by atoms with van der Waals surface area (Å²) < 4.78 is 33.8. The summed E-state index contributed by atoms with van der Waals surface area (Å²) in [6, 6.07) is 0. The maximum Gasteiger partial charge on any atom is 0.306 e. The molecule has 51 heavy (non-hydrogen) atoms. The summed E-state index contributed by atoms with van der Waals surface area (Å²) in [6.07, 6.45) is 34.8. The molecular weight excluding hydrogens is 665 g/mol. The molecule has 1 unspecified atom stereocenters. The Bertz CT molecular complexity index is 933. The van der Waals surface area contributed by atoms with Crippen molar-refractivity contribution in [3.63, 3.8) is 0 Å². The largest absolute Gasteiger partial charge is 0.756 e. The second-order valence-electron chi connectivity index (χ2n) is 15.0. The highest BCUT2D eigenvalue weighted by Crippen LogP contribution is 2.38. The second kappa shape index (κ2) is 34.3. The van der Waals surface area contributed by atoms with Gasteiger partial charge in [-0.05, 0) is 44.9 Å². The predicted molar refractivity (Wildman–Crippen MR) is 208 cm³/mol. The summed E-state index contributed by atoms with van der Waals surface area (Å²) in [7, 11) is 1.16. The fraction of sp³-hybridized carbons (Fsp3) is 0.854. The first-order valence-corrected chi connectivity index (χ1v) is 22.0. The highest BCUT2D eigenvalue weighted by Gasteiger charge is 2.21. The Kier molecular flexibility index (Phi) is 33.3. The normalized spacial score (nSPS) is 13.9. The average molecular weight is 744 g/mol. The molecule has 0 radical (unpaired) electrons. The van der Waals surface area contributed by atoms with Gasteiger partial charge in [-0.2, -0.15) is 0 Å². The van der Waals surface area contributed by atoms with Gasteiger partial charge in [-0.1, -0.05) is 141 Å². The van der Waals surface area contributed by atoms with Crippen molar-refractivity contribution in [1.82, 2.24) is 0 Å². The van der Waals surface area contributed by atoms with Crippen LogP contribution in [-0.2, 0) is 32.7 Å². The van der Waals surface area contributed by atoms with Crippen molar-refractivity contribution in [2.24, 2.45) is 0 Å². The van der Waals surface area contributed by atoms with E-state index in [9.17, 15) is 19.0 Å². The quantitative estimate of drug-likeness (QED) is 0.0203. The van der Waals surface area contributed by atoms with Crippen molar-refractivity contribution in [3.05, 3.63) is 24.3 Å². The van der Waals surface area contributed by atoms with Gasteiger partial charge < -0.3 is 27.9 Å². The van der Waals surface area contributed by atoms with Crippen LogP contribution in [0, 0.1) is 0 Å². The standard InChI is InChI=1S/C41H78NO8P/c1-6-8-10-12-14-16-18-20-21-22-24-25-27-29-31-33-40(43)47-37-39(38-49-51(45,46)48-36-35-42(3,4)5)50-41(44)34-32-30-28-26-23-19-17-15-13-11-9-7-2/h14,16,20-21,39H,6-13,15,17-19,22-38H2,1-5H3/b16-14-,21-20-/t39-/m1/s1. The molecule has 9 nitrogen and oxygen atoms in total. The van der Waals surface area contributed by atoms with Crippen LogP contribution >= 0.6 is 7.82 Å². The SMILES string of the molecule is CCCCC/C=C\C/C=C\CCCCCCCC(=O)OC[C@H](COP(=O)([O-])OCC[N+](C)(C)C)OC(=O)CCCCCCCCCCCCCC. The van der Waals surface area contributed by atoms with Crippen molar-refractivity contribution >= 4 is 19.8 Å². The maximum atomic E-state index is 12.6.